The fourth-order valence-corrected chi connectivity index (χ4v) is 7.14. The van der Waals surface area contributed by atoms with Crippen molar-refractivity contribution in [3.05, 3.63) is 35.0 Å². The van der Waals surface area contributed by atoms with Gasteiger partial charge in [-0.2, -0.15) is 4.98 Å². The van der Waals surface area contributed by atoms with Crippen LogP contribution in [0.2, 0.25) is 0 Å². The fourth-order valence-electron chi connectivity index (χ4n) is 5.37. The van der Waals surface area contributed by atoms with Gasteiger partial charge in [0.15, 0.2) is 6.23 Å². The van der Waals surface area contributed by atoms with Crippen LogP contribution in [0.5, 0.6) is 0 Å². The van der Waals surface area contributed by atoms with Crippen LogP contribution in [0.3, 0.4) is 0 Å². The number of hydrogen-bond acceptors (Lipinski definition) is 10. The van der Waals surface area contributed by atoms with Crippen molar-refractivity contribution in [3.63, 3.8) is 0 Å². The first-order valence-electron chi connectivity index (χ1n) is 15.3. The monoisotopic (exact) mass is 612 g/mol. The van der Waals surface area contributed by atoms with Crippen molar-refractivity contribution in [1.82, 2.24) is 14.6 Å². The molecule has 2 fully saturated rings. The molecule has 2 saturated heterocycles. The van der Waals surface area contributed by atoms with E-state index in [2.05, 4.69) is 42.7 Å². The van der Waals surface area contributed by atoms with Gasteiger partial charge in [-0.1, -0.05) is 65.9 Å². The van der Waals surface area contributed by atoms with Gasteiger partial charge in [-0.05, 0) is 45.1 Å². The minimum Gasteiger partial charge on any atom is -0.465 e. The smallest absolute Gasteiger partial charge is 0.406 e. The number of unbranched alkanes of at least 4 members (excludes halogenated alkanes) is 4. The van der Waals surface area contributed by atoms with E-state index in [1.165, 1.54) is 24.6 Å². The SMILES string of the molecule is C=C(Nc1ccn([C@@H]2O[C@@H]3COP(=O)(N[C@@H](C)C(=O)OCCCCCCC)O[C@H]3[C@@]2(C)O)c(=O)n1)C(CCC)CCC. The maximum Gasteiger partial charge on any atom is 0.406 e. The van der Waals surface area contributed by atoms with Crippen molar-refractivity contribution in [2.75, 3.05) is 18.5 Å². The van der Waals surface area contributed by atoms with E-state index in [0.717, 1.165) is 63.5 Å². The average Bonchev–Trinajstić information content (AvgIpc) is 3.19. The van der Waals surface area contributed by atoms with Crippen molar-refractivity contribution in [1.29, 1.82) is 0 Å². The summed E-state index contributed by atoms with van der Waals surface area (Å²) >= 11 is 0. The second-order valence-corrected chi connectivity index (χ2v) is 13.2. The number of anilines is 1. The highest BCUT2D eigenvalue weighted by Gasteiger charge is 2.60. The van der Waals surface area contributed by atoms with Crippen LogP contribution in [-0.2, 0) is 27.9 Å². The Labute approximate surface area is 249 Å². The Balaban J connectivity index is 1.62. The molecule has 0 bridgehead atoms. The molecule has 2 aliphatic rings. The summed E-state index contributed by atoms with van der Waals surface area (Å²) in [7, 11) is -4.02. The first-order valence-corrected chi connectivity index (χ1v) is 16.8. The van der Waals surface area contributed by atoms with E-state index in [-0.39, 0.29) is 19.1 Å². The lowest BCUT2D eigenvalue weighted by Gasteiger charge is -2.36. The van der Waals surface area contributed by atoms with Gasteiger partial charge in [-0.25, -0.2) is 14.4 Å². The van der Waals surface area contributed by atoms with Crippen LogP contribution >= 0.6 is 7.75 Å². The molecular weight excluding hydrogens is 563 g/mol. The Morgan fingerprint density at radius 2 is 1.93 bits per heavy atom. The van der Waals surface area contributed by atoms with Gasteiger partial charge in [0.2, 0.25) is 0 Å². The number of carbonyl (C=O) groups is 1. The standard InChI is InChI=1S/C29H49N4O8P/c1-7-10-11-12-13-18-38-26(34)21(5)32-42(37)39-19-23-25(41-42)29(6,36)27(40-23)33-17-16-24(31-28(33)35)30-20(4)22(14-8-2)15-9-3/h16-17,21-23,25,27,36H,4,7-15,18-19H2,1-3,5-6H3,(H,32,37)(H,30,31,35)/t21-,23+,25+,27+,29+,42?/m0/s1. The topological polar surface area (TPSA) is 150 Å². The molecule has 0 amide bonds. The molecule has 0 spiro atoms. The number of hydrogen-bond donors (Lipinski definition) is 3. The van der Waals surface area contributed by atoms with Crippen LogP contribution in [0.15, 0.2) is 29.3 Å². The minimum absolute atomic E-state index is 0.182. The van der Waals surface area contributed by atoms with Crippen LogP contribution in [-0.4, -0.2) is 57.7 Å². The zero-order valence-electron chi connectivity index (χ0n) is 25.7. The second kappa shape index (κ2) is 15.6. The van der Waals surface area contributed by atoms with Gasteiger partial charge in [0.25, 0.3) is 0 Å². The lowest BCUT2D eigenvalue weighted by molar-refractivity contribution is -0.145. The van der Waals surface area contributed by atoms with E-state index in [1.807, 2.05) is 0 Å². The molecule has 1 aromatic rings. The predicted octanol–water partition coefficient (Wildman–Crippen LogP) is 5.05. The molecule has 3 rings (SSSR count). The number of fused-ring (bicyclic) bond motifs is 1. The lowest BCUT2D eigenvalue weighted by atomic mass is 9.95. The van der Waals surface area contributed by atoms with Crippen LogP contribution in [0, 0.1) is 5.92 Å². The summed E-state index contributed by atoms with van der Waals surface area (Å²) < 4.78 is 37.0. The Kier molecular flexibility index (Phi) is 12.8. The highest BCUT2D eigenvalue weighted by atomic mass is 31.2. The Morgan fingerprint density at radius 1 is 1.24 bits per heavy atom. The van der Waals surface area contributed by atoms with E-state index in [9.17, 15) is 19.3 Å². The normalized spacial score (nSPS) is 27.9. The third-order valence-corrected chi connectivity index (χ3v) is 9.41. The number of aliphatic hydroxyl groups is 1. The Morgan fingerprint density at radius 3 is 2.57 bits per heavy atom. The molecule has 0 aliphatic carbocycles. The summed E-state index contributed by atoms with van der Waals surface area (Å²) in [6.45, 7) is 13.6. The van der Waals surface area contributed by atoms with E-state index >= 15 is 0 Å². The average molecular weight is 613 g/mol. The number of nitrogens with one attached hydrogen (secondary N) is 2. The van der Waals surface area contributed by atoms with Crippen molar-refractivity contribution >= 4 is 19.5 Å². The number of ether oxygens (including phenoxy) is 2. The molecule has 1 unspecified atom stereocenters. The maximum absolute atomic E-state index is 13.4. The maximum atomic E-state index is 13.4. The van der Waals surface area contributed by atoms with Crippen molar-refractivity contribution in [2.45, 2.75) is 122 Å². The van der Waals surface area contributed by atoms with Gasteiger partial charge >= 0.3 is 19.4 Å². The summed E-state index contributed by atoms with van der Waals surface area (Å²) in [6.07, 6.45) is 7.48. The minimum atomic E-state index is -4.02. The number of aromatic nitrogens is 2. The number of carbonyl (C=O) groups excluding carboxylic acids is 1. The molecule has 42 heavy (non-hydrogen) atoms. The number of esters is 1. The molecule has 1 aromatic heterocycles. The first kappa shape index (κ1) is 34.4. The van der Waals surface area contributed by atoms with E-state index in [4.69, 9.17) is 18.5 Å². The Bertz CT molecular complexity index is 1150. The number of allylic oxidation sites excluding steroid dienone is 1. The van der Waals surface area contributed by atoms with Gasteiger partial charge in [0.05, 0.1) is 13.2 Å². The zero-order valence-corrected chi connectivity index (χ0v) is 26.6. The summed E-state index contributed by atoms with van der Waals surface area (Å²) in [4.78, 5) is 29.6. The van der Waals surface area contributed by atoms with Crippen molar-refractivity contribution in [2.24, 2.45) is 5.92 Å². The third-order valence-electron chi connectivity index (χ3n) is 7.71. The van der Waals surface area contributed by atoms with Gasteiger partial charge in [-0.15, -0.1) is 0 Å². The highest BCUT2D eigenvalue weighted by molar-refractivity contribution is 7.51. The molecule has 0 radical (unpaired) electrons. The predicted molar refractivity (Wildman–Crippen MR) is 160 cm³/mol. The summed E-state index contributed by atoms with van der Waals surface area (Å²) in [5, 5.41) is 17.2. The first-order chi connectivity index (χ1) is 20.0. The second-order valence-electron chi connectivity index (χ2n) is 11.4. The van der Waals surface area contributed by atoms with Gasteiger partial charge in [0.1, 0.15) is 29.7 Å². The largest absolute Gasteiger partial charge is 0.465 e. The van der Waals surface area contributed by atoms with Crippen LogP contribution in [0.4, 0.5) is 5.82 Å². The molecule has 238 valence electrons. The van der Waals surface area contributed by atoms with Gasteiger partial charge < -0.3 is 19.9 Å². The summed E-state index contributed by atoms with van der Waals surface area (Å²) in [5.41, 5.74) is -1.62. The van der Waals surface area contributed by atoms with Crippen molar-refractivity contribution in [3.8, 4) is 0 Å². The molecule has 13 heteroatoms. The molecule has 0 saturated carbocycles. The molecule has 0 aromatic carbocycles. The van der Waals surface area contributed by atoms with E-state index in [0.29, 0.717) is 5.82 Å². The van der Waals surface area contributed by atoms with Crippen LogP contribution in [0.25, 0.3) is 0 Å². The quantitative estimate of drug-likeness (QED) is 0.123. The third kappa shape index (κ3) is 8.74. The molecule has 6 atom stereocenters. The highest BCUT2D eigenvalue weighted by Crippen LogP contribution is 2.55. The van der Waals surface area contributed by atoms with E-state index < -0.39 is 49.5 Å². The molecule has 3 N–H and O–H groups in total. The zero-order chi connectivity index (χ0) is 30.9. The molecular formula is C29H49N4O8P. The number of nitrogens with zero attached hydrogens (tertiary/aromatic N) is 2. The van der Waals surface area contributed by atoms with Gasteiger partial charge in [0, 0.05) is 11.9 Å². The van der Waals surface area contributed by atoms with Gasteiger partial charge in [-0.3, -0.25) is 18.4 Å². The van der Waals surface area contributed by atoms with Crippen LogP contribution in [0.1, 0.15) is 98.6 Å². The molecule has 2 aliphatic heterocycles. The lowest BCUT2D eigenvalue weighted by Crippen LogP contribution is -2.50. The summed E-state index contributed by atoms with van der Waals surface area (Å²) in [6, 6.07) is 0.645. The Hall–Kier alpha value is -2.08. The van der Waals surface area contributed by atoms with Crippen LogP contribution < -0.4 is 16.1 Å². The fraction of sp³-hybridized carbons (Fsp3) is 0.759. The number of rotatable bonds is 17. The van der Waals surface area contributed by atoms with Crippen molar-refractivity contribution < 1.29 is 33.0 Å². The molecule has 3 heterocycles. The molecule has 12 nitrogen and oxygen atoms in total. The summed E-state index contributed by atoms with van der Waals surface area (Å²) in [5.74, 6) is 0.0449. The van der Waals surface area contributed by atoms with E-state index in [1.54, 1.807) is 6.07 Å².